The van der Waals surface area contributed by atoms with Crippen molar-refractivity contribution < 1.29 is 4.79 Å². The monoisotopic (exact) mass is 426 g/mol. The predicted octanol–water partition coefficient (Wildman–Crippen LogP) is 2.44. The third kappa shape index (κ3) is 4.44. The van der Waals surface area contributed by atoms with E-state index in [4.69, 9.17) is 4.98 Å². The lowest BCUT2D eigenvalue weighted by Crippen LogP contribution is -2.27. The van der Waals surface area contributed by atoms with Crippen LogP contribution in [0.2, 0.25) is 0 Å². The zero-order chi connectivity index (χ0) is 17.6. The number of hydrogen-bond donors (Lipinski definition) is 1. The van der Waals surface area contributed by atoms with Crippen molar-refractivity contribution in [2.24, 2.45) is 0 Å². The molecule has 0 bridgehead atoms. The number of thioether (sulfide) groups is 1. The third-order valence-electron chi connectivity index (χ3n) is 4.23. The topological polar surface area (TPSA) is 75.9 Å². The van der Waals surface area contributed by atoms with Crippen LogP contribution in [0, 0.1) is 0 Å². The van der Waals surface area contributed by atoms with Gasteiger partial charge in [0, 0.05) is 31.4 Å². The molecular formula is C16H23BrN6OS. The lowest BCUT2D eigenvalue weighted by atomic mass is 10.3. The van der Waals surface area contributed by atoms with Gasteiger partial charge in [-0.05, 0) is 25.5 Å². The number of aromatic nitrogens is 4. The molecular weight excluding hydrogens is 404 g/mol. The summed E-state index contributed by atoms with van der Waals surface area (Å²) >= 11 is 4.88. The van der Waals surface area contributed by atoms with E-state index >= 15 is 0 Å². The number of halogens is 1. The number of alkyl halides is 1. The quantitative estimate of drug-likeness (QED) is 0.396. The van der Waals surface area contributed by atoms with Gasteiger partial charge in [0.2, 0.25) is 5.91 Å². The SMILES string of the molecule is CSc1nc(N2CCCC2)c2cnn(CCNC(=O)CCCBr)c2n1. The molecule has 1 aliphatic rings. The third-order valence-corrected chi connectivity index (χ3v) is 5.34. The highest BCUT2D eigenvalue weighted by atomic mass is 79.9. The molecule has 1 saturated heterocycles. The molecule has 0 spiro atoms. The van der Waals surface area contributed by atoms with Gasteiger partial charge in [-0.1, -0.05) is 27.7 Å². The Balaban J connectivity index is 1.75. The molecule has 0 aliphatic carbocycles. The predicted molar refractivity (Wildman–Crippen MR) is 105 cm³/mol. The molecule has 136 valence electrons. The molecule has 0 unspecified atom stereocenters. The average molecular weight is 427 g/mol. The van der Waals surface area contributed by atoms with Crippen LogP contribution in [0.25, 0.3) is 11.0 Å². The Bertz CT molecular complexity index is 731. The number of rotatable bonds is 8. The molecule has 1 fully saturated rings. The minimum atomic E-state index is 0.0769. The summed E-state index contributed by atoms with van der Waals surface area (Å²) in [7, 11) is 0. The van der Waals surface area contributed by atoms with Gasteiger partial charge in [0.15, 0.2) is 10.8 Å². The summed E-state index contributed by atoms with van der Waals surface area (Å²) in [6.07, 6.45) is 7.63. The van der Waals surface area contributed by atoms with Crippen molar-refractivity contribution in [3.05, 3.63) is 6.20 Å². The summed E-state index contributed by atoms with van der Waals surface area (Å²) in [4.78, 5) is 23.4. The van der Waals surface area contributed by atoms with Crippen LogP contribution in [0.1, 0.15) is 25.7 Å². The summed E-state index contributed by atoms with van der Waals surface area (Å²) in [5.41, 5.74) is 0.843. The molecule has 7 nitrogen and oxygen atoms in total. The second-order valence-electron chi connectivity index (χ2n) is 5.98. The van der Waals surface area contributed by atoms with Crippen LogP contribution in [-0.2, 0) is 11.3 Å². The fourth-order valence-electron chi connectivity index (χ4n) is 2.96. The highest BCUT2D eigenvalue weighted by Crippen LogP contribution is 2.28. The summed E-state index contributed by atoms with van der Waals surface area (Å²) in [6, 6.07) is 0. The molecule has 1 aliphatic heterocycles. The molecule has 0 radical (unpaired) electrons. The Morgan fingerprint density at radius 1 is 1.36 bits per heavy atom. The number of nitrogens with one attached hydrogen (secondary N) is 1. The van der Waals surface area contributed by atoms with E-state index in [0.29, 0.717) is 19.5 Å². The van der Waals surface area contributed by atoms with Gasteiger partial charge in [-0.2, -0.15) is 5.10 Å². The molecule has 2 aromatic heterocycles. The lowest BCUT2D eigenvalue weighted by Gasteiger charge is -2.17. The Morgan fingerprint density at radius 2 is 2.16 bits per heavy atom. The Hall–Kier alpha value is -1.35. The van der Waals surface area contributed by atoms with Crippen LogP contribution in [-0.4, -0.2) is 56.9 Å². The molecule has 9 heteroatoms. The van der Waals surface area contributed by atoms with E-state index in [-0.39, 0.29) is 5.91 Å². The van der Waals surface area contributed by atoms with Gasteiger partial charge in [0.25, 0.3) is 0 Å². The molecule has 3 heterocycles. The summed E-state index contributed by atoms with van der Waals surface area (Å²) in [5.74, 6) is 1.06. The van der Waals surface area contributed by atoms with Crippen LogP contribution in [0.5, 0.6) is 0 Å². The maximum Gasteiger partial charge on any atom is 0.220 e. The van der Waals surface area contributed by atoms with Crippen LogP contribution in [0.15, 0.2) is 11.4 Å². The minimum absolute atomic E-state index is 0.0769. The van der Waals surface area contributed by atoms with E-state index in [9.17, 15) is 4.79 Å². The Kier molecular flexibility index (Phi) is 6.52. The highest BCUT2D eigenvalue weighted by molar-refractivity contribution is 9.09. The molecule has 25 heavy (non-hydrogen) atoms. The number of carbonyl (C=O) groups excluding carboxylic acids is 1. The van der Waals surface area contributed by atoms with Gasteiger partial charge in [-0.3, -0.25) is 4.79 Å². The van der Waals surface area contributed by atoms with Crippen molar-refractivity contribution in [1.29, 1.82) is 0 Å². The molecule has 1 amide bonds. The van der Waals surface area contributed by atoms with E-state index < -0.39 is 0 Å². The van der Waals surface area contributed by atoms with Gasteiger partial charge >= 0.3 is 0 Å². The van der Waals surface area contributed by atoms with Gasteiger partial charge in [-0.15, -0.1) is 0 Å². The first-order valence-corrected chi connectivity index (χ1v) is 10.9. The van der Waals surface area contributed by atoms with E-state index in [2.05, 4.69) is 36.2 Å². The number of nitrogens with zero attached hydrogens (tertiary/aromatic N) is 5. The lowest BCUT2D eigenvalue weighted by molar-refractivity contribution is -0.121. The standard InChI is InChI=1S/C16H23BrN6OS/c1-25-16-20-14(22-8-2-3-9-22)12-11-19-23(15(12)21-16)10-7-18-13(24)5-4-6-17/h11H,2-10H2,1H3,(H,18,24). The molecule has 2 aromatic rings. The number of anilines is 1. The first-order valence-electron chi connectivity index (χ1n) is 8.58. The van der Waals surface area contributed by atoms with Gasteiger partial charge in [-0.25, -0.2) is 14.6 Å². The average Bonchev–Trinajstić information content (AvgIpc) is 3.29. The first kappa shape index (κ1) is 18.4. The van der Waals surface area contributed by atoms with Crippen LogP contribution in [0.4, 0.5) is 5.82 Å². The molecule has 3 rings (SSSR count). The minimum Gasteiger partial charge on any atom is -0.356 e. The second-order valence-corrected chi connectivity index (χ2v) is 7.54. The van der Waals surface area contributed by atoms with Crippen molar-refractivity contribution in [2.75, 3.05) is 36.1 Å². The molecule has 0 aromatic carbocycles. The van der Waals surface area contributed by atoms with Crippen LogP contribution < -0.4 is 10.2 Å². The zero-order valence-corrected chi connectivity index (χ0v) is 16.8. The number of amides is 1. The fraction of sp³-hybridized carbons (Fsp3) is 0.625. The van der Waals surface area contributed by atoms with E-state index in [1.165, 1.54) is 12.8 Å². The van der Waals surface area contributed by atoms with Crippen molar-refractivity contribution in [3.8, 4) is 0 Å². The van der Waals surface area contributed by atoms with Crippen LogP contribution >= 0.6 is 27.7 Å². The van der Waals surface area contributed by atoms with Crippen molar-refractivity contribution >= 4 is 50.5 Å². The maximum atomic E-state index is 11.7. The Morgan fingerprint density at radius 3 is 2.88 bits per heavy atom. The van der Waals surface area contributed by atoms with Gasteiger partial charge < -0.3 is 10.2 Å². The van der Waals surface area contributed by atoms with Gasteiger partial charge in [0.1, 0.15) is 5.82 Å². The largest absolute Gasteiger partial charge is 0.356 e. The number of fused-ring (bicyclic) bond motifs is 1. The van der Waals surface area contributed by atoms with Crippen molar-refractivity contribution in [3.63, 3.8) is 0 Å². The van der Waals surface area contributed by atoms with Crippen molar-refractivity contribution in [1.82, 2.24) is 25.1 Å². The summed E-state index contributed by atoms with van der Waals surface area (Å²) < 4.78 is 1.86. The highest BCUT2D eigenvalue weighted by Gasteiger charge is 2.20. The van der Waals surface area contributed by atoms with E-state index in [1.807, 2.05) is 17.1 Å². The molecule has 0 saturated carbocycles. The maximum absolute atomic E-state index is 11.7. The van der Waals surface area contributed by atoms with Gasteiger partial charge in [0.05, 0.1) is 18.1 Å². The second kappa shape index (κ2) is 8.84. The van der Waals surface area contributed by atoms with Crippen molar-refractivity contribution in [2.45, 2.75) is 37.4 Å². The Labute approximate surface area is 160 Å². The first-order chi connectivity index (χ1) is 12.2. The van der Waals surface area contributed by atoms with E-state index in [1.54, 1.807) is 11.8 Å². The summed E-state index contributed by atoms with van der Waals surface area (Å²) in [5, 5.41) is 10.0. The molecule has 0 atom stereocenters. The number of carbonyl (C=O) groups is 1. The molecule has 1 N–H and O–H groups in total. The fourth-order valence-corrected chi connectivity index (χ4v) is 3.60. The van der Waals surface area contributed by atoms with E-state index in [0.717, 1.165) is 46.8 Å². The van der Waals surface area contributed by atoms with Crippen LogP contribution in [0.3, 0.4) is 0 Å². The smallest absolute Gasteiger partial charge is 0.220 e. The normalized spacial score (nSPS) is 14.4. The number of hydrogen-bond acceptors (Lipinski definition) is 6. The summed E-state index contributed by atoms with van der Waals surface area (Å²) in [6.45, 7) is 3.23. The zero-order valence-electron chi connectivity index (χ0n) is 14.4.